The Hall–Kier alpha value is -1.29. The van der Waals surface area contributed by atoms with Crippen LogP contribution in [-0.4, -0.2) is 88.9 Å². The summed E-state index contributed by atoms with van der Waals surface area (Å²) in [6.45, 7) is 2.33. The quantitative estimate of drug-likeness (QED) is 0.180. The van der Waals surface area contributed by atoms with E-state index in [1.54, 1.807) is 13.8 Å². The lowest BCUT2D eigenvalue weighted by molar-refractivity contribution is -0.144. The van der Waals surface area contributed by atoms with Crippen molar-refractivity contribution in [2.75, 3.05) is 26.2 Å². The molecule has 0 saturated carbocycles. The molecular formula is C15H32BN5O7S. The Morgan fingerprint density at radius 1 is 1.34 bits per heavy atom. The molecule has 168 valence electrons. The molecule has 1 aliphatic rings. The second kappa shape index (κ2) is 10.2. The van der Waals surface area contributed by atoms with E-state index in [4.69, 9.17) is 27.2 Å². The van der Waals surface area contributed by atoms with Crippen LogP contribution in [0.5, 0.6) is 0 Å². The van der Waals surface area contributed by atoms with Crippen LogP contribution in [0.1, 0.15) is 26.7 Å². The third-order valence-electron chi connectivity index (χ3n) is 4.96. The topological polar surface area (TPSA) is 214 Å². The first kappa shape index (κ1) is 25.8. The number of carbonyl (C=O) groups excluding carboxylic acids is 1. The van der Waals surface area contributed by atoms with Crippen molar-refractivity contribution in [2.45, 2.75) is 44.6 Å². The van der Waals surface area contributed by atoms with E-state index >= 15 is 0 Å². The maximum absolute atomic E-state index is 13.2. The Labute approximate surface area is 171 Å². The van der Waals surface area contributed by atoms with Crippen LogP contribution in [-0.2, 0) is 19.8 Å². The average Bonchev–Trinajstić information content (AvgIpc) is 2.97. The number of carboxylic acids is 1. The van der Waals surface area contributed by atoms with Crippen molar-refractivity contribution in [3.63, 3.8) is 0 Å². The molecule has 0 aromatic heterocycles. The van der Waals surface area contributed by atoms with Crippen LogP contribution >= 0.6 is 0 Å². The normalized spacial score (nSPS) is 23.9. The van der Waals surface area contributed by atoms with Gasteiger partial charge in [-0.25, -0.2) is 4.31 Å². The van der Waals surface area contributed by atoms with Gasteiger partial charge in [0, 0.05) is 32.1 Å². The predicted octanol–water partition coefficient (Wildman–Crippen LogP) is -3.03. The van der Waals surface area contributed by atoms with Gasteiger partial charge in [0.15, 0.2) is 0 Å². The van der Waals surface area contributed by atoms with Crippen molar-refractivity contribution in [2.24, 2.45) is 29.0 Å². The minimum atomic E-state index is -4.39. The zero-order valence-corrected chi connectivity index (χ0v) is 17.6. The van der Waals surface area contributed by atoms with Crippen LogP contribution in [0, 0.1) is 11.8 Å². The van der Waals surface area contributed by atoms with Crippen LogP contribution in [0.2, 0.25) is 6.32 Å². The minimum absolute atomic E-state index is 0.00224. The van der Waals surface area contributed by atoms with E-state index in [0.717, 1.165) is 4.31 Å². The van der Waals surface area contributed by atoms with Crippen LogP contribution in [0.15, 0.2) is 0 Å². The van der Waals surface area contributed by atoms with Gasteiger partial charge < -0.3 is 32.4 Å². The van der Waals surface area contributed by atoms with Gasteiger partial charge in [0.25, 0.3) is 5.91 Å². The smallest absolute Gasteiger partial charge is 0.451 e. The molecule has 1 fully saturated rings. The van der Waals surface area contributed by atoms with Gasteiger partial charge in [-0.2, -0.15) is 12.7 Å². The van der Waals surface area contributed by atoms with E-state index in [-0.39, 0.29) is 44.7 Å². The van der Waals surface area contributed by atoms with E-state index < -0.39 is 53.2 Å². The highest BCUT2D eigenvalue weighted by Gasteiger charge is 2.53. The molecule has 1 amide bonds. The molecule has 1 saturated heterocycles. The van der Waals surface area contributed by atoms with Gasteiger partial charge in [-0.15, -0.1) is 0 Å². The van der Waals surface area contributed by atoms with Gasteiger partial charge in [0.2, 0.25) is 0 Å². The maximum atomic E-state index is 13.2. The summed E-state index contributed by atoms with van der Waals surface area (Å²) in [6.07, 6.45) is 0.421. The molecular weight excluding hydrogens is 405 g/mol. The lowest BCUT2D eigenvalue weighted by Crippen LogP contribution is -2.57. The Bertz CT molecular complexity index is 693. The summed E-state index contributed by atoms with van der Waals surface area (Å²) in [7, 11) is -5.94. The van der Waals surface area contributed by atoms with E-state index in [9.17, 15) is 23.1 Å². The van der Waals surface area contributed by atoms with Crippen LogP contribution < -0.4 is 17.2 Å². The number of nitrogens with zero attached hydrogens (tertiary/aromatic N) is 2. The lowest BCUT2D eigenvalue weighted by atomic mass is 9.78. The number of amides is 1. The van der Waals surface area contributed by atoms with E-state index in [0.29, 0.717) is 4.31 Å². The molecule has 3 atom stereocenters. The van der Waals surface area contributed by atoms with Gasteiger partial charge in [0.1, 0.15) is 5.54 Å². The summed E-state index contributed by atoms with van der Waals surface area (Å²) in [5.41, 5.74) is 15.2. The molecule has 9 N–H and O–H groups in total. The molecule has 0 aromatic rings. The van der Waals surface area contributed by atoms with Gasteiger partial charge in [-0.3, -0.25) is 9.59 Å². The van der Waals surface area contributed by atoms with E-state index in [1.807, 2.05) is 0 Å². The molecule has 12 nitrogen and oxygen atoms in total. The highest BCUT2D eigenvalue weighted by molar-refractivity contribution is 7.87. The highest BCUT2D eigenvalue weighted by atomic mass is 32.2. The molecule has 1 heterocycles. The molecule has 29 heavy (non-hydrogen) atoms. The second-order valence-corrected chi connectivity index (χ2v) is 9.71. The van der Waals surface area contributed by atoms with Crippen molar-refractivity contribution in [3.8, 4) is 0 Å². The Morgan fingerprint density at radius 2 is 1.93 bits per heavy atom. The van der Waals surface area contributed by atoms with Crippen LogP contribution in [0.25, 0.3) is 0 Å². The summed E-state index contributed by atoms with van der Waals surface area (Å²) in [6, 6.07) is -1.21. The third-order valence-corrected chi connectivity index (χ3v) is 6.77. The molecule has 0 aromatic carbocycles. The first-order valence-corrected chi connectivity index (χ1v) is 10.8. The van der Waals surface area contributed by atoms with Crippen LogP contribution in [0.4, 0.5) is 0 Å². The molecule has 0 spiro atoms. The van der Waals surface area contributed by atoms with E-state index in [1.165, 1.54) is 0 Å². The van der Waals surface area contributed by atoms with Gasteiger partial charge in [-0.05, 0) is 18.7 Å². The van der Waals surface area contributed by atoms with Crippen LogP contribution in [0.3, 0.4) is 0 Å². The predicted molar refractivity (Wildman–Crippen MR) is 106 cm³/mol. The number of rotatable bonds is 11. The molecule has 0 bridgehead atoms. The van der Waals surface area contributed by atoms with Crippen molar-refractivity contribution < 1.29 is 33.2 Å². The molecule has 0 aliphatic carbocycles. The Kier molecular flexibility index (Phi) is 9.01. The molecule has 0 radical (unpaired) electrons. The lowest BCUT2D eigenvalue weighted by Gasteiger charge is -2.30. The molecule has 1 rings (SSSR count). The highest BCUT2D eigenvalue weighted by Crippen LogP contribution is 2.33. The summed E-state index contributed by atoms with van der Waals surface area (Å²) < 4.78 is 27.9. The van der Waals surface area contributed by atoms with Crippen molar-refractivity contribution >= 4 is 29.2 Å². The number of hydrogen-bond acceptors (Lipinski definition) is 9. The fourth-order valence-electron chi connectivity index (χ4n) is 3.26. The standard InChI is InChI=1S/C15H32BN5O7S/c1-10(2)7-21(13(22)12(18)6-17)29(27,28)20-8-11(4-3-5-16(25)26)15(19,9-20)14(23)24/h10-12,25-26H,3-9,17-19H2,1-2H3,(H,23,24)/t11-,12?,15-/m0/s1. The van der Waals surface area contributed by atoms with Gasteiger partial charge in [0.05, 0.1) is 6.04 Å². The fraction of sp³-hybridized carbons (Fsp3) is 0.867. The number of carboxylic acid groups (broad SMARTS) is 1. The van der Waals surface area contributed by atoms with Gasteiger partial charge in [-0.1, -0.05) is 20.3 Å². The zero-order chi connectivity index (χ0) is 22.6. The summed E-state index contributed by atoms with van der Waals surface area (Å²) in [4.78, 5) is 24.3. The van der Waals surface area contributed by atoms with Gasteiger partial charge >= 0.3 is 23.3 Å². The Balaban J connectivity index is 3.17. The molecule has 1 unspecified atom stereocenters. The van der Waals surface area contributed by atoms with E-state index in [2.05, 4.69) is 0 Å². The van der Waals surface area contributed by atoms with Crippen molar-refractivity contribution in [1.29, 1.82) is 0 Å². The Morgan fingerprint density at radius 3 is 2.38 bits per heavy atom. The zero-order valence-electron chi connectivity index (χ0n) is 16.8. The fourth-order valence-corrected chi connectivity index (χ4v) is 5.14. The first-order chi connectivity index (χ1) is 13.3. The number of nitrogens with two attached hydrogens (primary N) is 3. The largest absolute Gasteiger partial charge is 0.480 e. The molecule has 14 heteroatoms. The number of aliphatic carboxylic acids is 1. The monoisotopic (exact) mass is 437 g/mol. The molecule has 1 aliphatic heterocycles. The maximum Gasteiger partial charge on any atom is 0.451 e. The average molecular weight is 437 g/mol. The number of hydrogen-bond donors (Lipinski definition) is 6. The summed E-state index contributed by atoms with van der Waals surface area (Å²) in [5, 5.41) is 27.5. The first-order valence-electron chi connectivity index (χ1n) is 9.43. The van der Waals surface area contributed by atoms with Crippen molar-refractivity contribution in [3.05, 3.63) is 0 Å². The summed E-state index contributed by atoms with van der Waals surface area (Å²) >= 11 is 0. The number of carbonyl (C=O) groups is 2. The second-order valence-electron chi connectivity index (χ2n) is 7.86. The summed E-state index contributed by atoms with van der Waals surface area (Å²) in [5.74, 6) is -3.21. The van der Waals surface area contributed by atoms with Crippen molar-refractivity contribution in [1.82, 2.24) is 8.61 Å². The minimum Gasteiger partial charge on any atom is -0.480 e. The third kappa shape index (κ3) is 6.10. The SMILES string of the molecule is CC(C)CN(C(=O)C(N)CN)S(=O)(=O)N1C[C@H](CCCB(O)O)[C@](N)(C(=O)O)C1.